The molecule has 4 heterocycles. The molecular weight excluding hydrogens is 326 g/mol. The van der Waals surface area contributed by atoms with Crippen molar-refractivity contribution in [1.29, 1.82) is 0 Å². The van der Waals surface area contributed by atoms with Crippen LogP contribution in [-0.4, -0.2) is 49.1 Å². The van der Waals surface area contributed by atoms with Gasteiger partial charge in [-0.15, -0.1) is 0 Å². The lowest BCUT2D eigenvalue weighted by atomic mass is 9.87. The molecule has 6 nitrogen and oxygen atoms in total. The molecule has 0 bridgehead atoms. The molecule has 0 aromatic carbocycles. The summed E-state index contributed by atoms with van der Waals surface area (Å²) >= 11 is 0. The Labute approximate surface area is 154 Å². The van der Waals surface area contributed by atoms with E-state index in [1.165, 1.54) is 5.56 Å². The summed E-state index contributed by atoms with van der Waals surface area (Å²) in [6, 6.07) is 4.02. The largest absolute Gasteiger partial charge is 0.333 e. The first-order chi connectivity index (χ1) is 12.6. The molecule has 1 unspecified atom stereocenters. The van der Waals surface area contributed by atoms with Crippen LogP contribution in [0.5, 0.6) is 0 Å². The molecule has 2 aliphatic rings. The Hall–Kier alpha value is -2.21. The highest BCUT2D eigenvalue weighted by molar-refractivity contribution is 5.79. The second-order valence-corrected chi connectivity index (χ2v) is 7.72. The Morgan fingerprint density at radius 2 is 2.04 bits per heavy atom. The second kappa shape index (κ2) is 7.19. The monoisotopic (exact) mass is 353 g/mol. The first-order valence-corrected chi connectivity index (χ1v) is 9.54. The predicted molar refractivity (Wildman–Crippen MR) is 99.1 cm³/mol. The zero-order valence-electron chi connectivity index (χ0n) is 15.5. The van der Waals surface area contributed by atoms with Gasteiger partial charge >= 0.3 is 0 Å². The van der Waals surface area contributed by atoms with Gasteiger partial charge in [0, 0.05) is 62.8 Å². The van der Waals surface area contributed by atoms with Gasteiger partial charge in [-0.3, -0.25) is 19.4 Å². The molecule has 2 fully saturated rings. The lowest BCUT2D eigenvalue weighted by Gasteiger charge is -2.38. The van der Waals surface area contributed by atoms with Crippen LogP contribution >= 0.6 is 0 Å². The summed E-state index contributed by atoms with van der Waals surface area (Å²) in [6.45, 7) is 3.76. The number of amides is 1. The molecule has 2 aliphatic heterocycles. The molecule has 0 saturated carbocycles. The van der Waals surface area contributed by atoms with Crippen molar-refractivity contribution in [2.75, 3.05) is 13.1 Å². The smallest absolute Gasteiger partial charge is 0.223 e. The highest BCUT2D eigenvalue weighted by Gasteiger charge is 2.45. The van der Waals surface area contributed by atoms with Gasteiger partial charge in [0.15, 0.2) is 0 Å². The van der Waals surface area contributed by atoms with E-state index in [4.69, 9.17) is 0 Å². The summed E-state index contributed by atoms with van der Waals surface area (Å²) in [4.78, 5) is 21.5. The quantitative estimate of drug-likeness (QED) is 0.847. The molecule has 0 N–H and O–H groups in total. The highest BCUT2D eigenvalue weighted by Crippen LogP contribution is 2.40. The average Bonchev–Trinajstić information content (AvgIpc) is 3.10. The van der Waals surface area contributed by atoms with E-state index < -0.39 is 0 Å². The Morgan fingerprint density at radius 1 is 1.12 bits per heavy atom. The SMILES string of the molecule is Cn1cc(CN2CCCC3(CCC(=O)N3Cc3cccnc3)CC2)cn1. The molecule has 6 heteroatoms. The number of aromatic nitrogens is 3. The maximum absolute atomic E-state index is 12.6. The standard InChI is InChI=1S/C20H27N5O/c1-23-14-18(13-22-23)15-24-10-3-6-20(8-11-24)7-5-19(26)25(20)16-17-4-2-9-21-12-17/h2,4,9,12-14H,3,5-8,10-11,15-16H2,1H3. The van der Waals surface area contributed by atoms with Crippen LogP contribution in [0.15, 0.2) is 36.9 Å². The molecule has 0 radical (unpaired) electrons. The molecule has 1 spiro atoms. The van der Waals surface area contributed by atoms with Gasteiger partial charge in [0.05, 0.1) is 6.20 Å². The Balaban J connectivity index is 1.46. The van der Waals surface area contributed by atoms with E-state index in [0.29, 0.717) is 18.9 Å². The van der Waals surface area contributed by atoms with Crippen molar-refractivity contribution in [2.45, 2.75) is 50.7 Å². The van der Waals surface area contributed by atoms with Gasteiger partial charge in [0.2, 0.25) is 5.91 Å². The van der Waals surface area contributed by atoms with Crippen molar-refractivity contribution >= 4 is 5.91 Å². The minimum atomic E-state index is 0.0244. The molecule has 138 valence electrons. The molecule has 2 aromatic heterocycles. The fraction of sp³-hybridized carbons (Fsp3) is 0.550. The van der Waals surface area contributed by atoms with Gasteiger partial charge in [-0.25, -0.2) is 0 Å². The second-order valence-electron chi connectivity index (χ2n) is 7.72. The maximum Gasteiger partial charge on any atom is 0.223 e. The van der Waals surface area contributed by atoms with Crippen LogP contribution < -0.4 is 0 Å². The Bertz CT molecular complexity index is 759. The molecule has 26 heavy (non-hydrogen) atoms. The normalized spacial score (nSPS) is 24.3. The Morgan fingerprint density at radius 3 is 2.81 bits per heavy atom. The summed E-state index contributed by atoms with van der Waals surface area (Å²) < 4.78 is 1.86. The topological polar surface area (TPSA) is 54.3 Å². The summed E-state index contributed by atoms with van der Waals surface area (Å²) in [5.74, 6) is 0.301. The summed E-state index contributed by atoms with van der Waals surface area (Å²) in [5.41, 5.74) is 2.41. The van der Waals surface area contributed by atoms with Crippen LogP contribution in [0.25, 0.3) is 0 Å². The van der Waals surface area contributed by atoms with Crippen LogP contribution in [0.4, 0.5) is 0 Å². The molecule has 2 saturated heterocycles. The lowest BCUT2D eigenvalue weighted by Crippen LogP contribution is -2.45. The highest BCUT2D eigenvalue weighted by atomic mass is 16.2. The molecule has 4 rings (SSSR count). The number of pyridine rings is 1. The number of carbonyl (C=O) groups excluding carboxylic acids is 1. The summed E-state index contributed by atoms with van der Waals surface area (Å²) in [7, 11) is 1.96. The average molecular weight is 353 g/mol. The van der Waals surface area contributed by atoms with E-state index in [1.54, 1.807) is 6.20 Å². The van der Waals surface area contributed by atoms with Crippen LogP contribution in [0.2, 0.25) is 0 Å². The van der Waals surface area contributed by atoms with Crippen molar-refractivity contribution in [3.05, 3.63) is 48.0 Å². The number of likely N-dealkylation sites (tertiary alicyclic amines) is 2. The van der Waals surface area contributed by atoms with E-state index in [9.17, 15) is 4.79 Å². The number of hydrogen-bond donors (Lipinski definition) is 0. The van der Waals surface area contributed by atoms with E-state index in [-0.39, 0.29) is 5.54 Å². The van der Waals surface area contributed by atoms with E-state index >= 15 is 0 Å². The maximum atomic E-state index is 12.6. The minimum absolute atomic E-state index is 0.0244. The van der Waals surface area contributed by atoms with Crippen LogP contribution in [0.1, 0.15) is 43.2 Å². The predicted octanol–water partition coefficient (Wildman–Crippen LogP) is 2.36. The van der Waals surface area contributed by atoms with Crippen molar-refractivity contribution < 1.29 is 4.79 Å². The molecule has 2 aromatic rings. The lowest BCUT2D eigenvalue weighted by molar-refractivity contribution is -0.132. The zero-order valence-corrected chi connectivity index (χ0v) is 15.5. The van der Waals surface area contributed by atoms with Gasteiger partial charge in [-0.05, 0) is 43.9 Å². The minimum Gasteiger partial charge on any atom is -0.333 e. The third-order valence-electron chi connectivity index (χ3n) is 5.92. The third kappa shape index (κ3) is 3.51. The molecule has 1 amide bonds. The van der Waals surface area contributed by atoms with Gasteiger partial charge in [0.1, 0.15) is 0 Å². The molecule has 1 atom stereocenters. The molecular formula is C20H27N5O. The fourth-order valence-corrected chi connectivity index (χ4v) is 4.53. The zero-order chi connectivity index (χ0) is 18.0. The van der Waals surface area contributed by atoms with Gasteiger partial charge < -0.3 is 4.90 Å². The van der Waals surface area contributed by atoms with Crippen molar-refractivity contribution in [3.8, 4) is 0 Å². The van der Waals surface area contributed by atoms with Crippen molar-refractivity contribution in [2.24, 2.45) is 7.05 Å². The number of nitrogens with zero attached hydrogens (tertiary/aromatic N) is 5. The van der Waals surface area contributed by atoms with E-state index in [1.807, 2.05) is 30.2 Å². The van der Waals surface area contributed by atoms with Gasteiger partial charge in [-0.1, -0.05) is 6.07 Å². The number of carbonyl (C=O) groups is 1. The third-order valence-corrected chi connectivity index (χ3v) is 5.92. The number of rotatable bonds is 4. The number of aryl methyl sites for hydroxylation is 1. The molecule has 0 aliphatic carbocycles. The van der Waals surface area contributed by atoms with Crippen LogP contribution in [0.3, 0.4) is 0 Å². The van der Waals surface area contributed by atoms with Gasteiger partial charge in [-0.2, -0.15) is 5.10 Å². The van der Waals surface area contributed by atoms with E-state index in [2.05, 4.69) is 32.1 Å². The summed E-state index contributed by atoms with van der Waals surface area (Å²) in [5, 5.41) is 4.28. The first kappa shape index (κ1) is 17.2. The van der Waals surface area contributed by atoms with Crippen molar-refractivity contribution in [1.82, 2.24) is 24.6 Å². The number of hydrogen-bond acceptors (Lipinski definition) is 4. The van der Waals surface area contributed by atoms with E-state index in [0.717, 1.165) is 50.9 Å². The van der Waals surface area contributed by atoms with Crippen LogP contribution in [-0.2, 0) is 24.9 Å². The van der Waals surface area contributed by atoms with Crippen LogP contribution in [0, 0.1) is 0 Å². The van der Waals surface area contributed by atoms with Gasteiger partial charge in [0.25, 0.3) is 0 Å². The first-order valence-electron chi connectivity index (χ1n) is 9.54. The van der Waals surface area contributed by atoms with Crippen molar-refractivity contribution in [3.63, 3.8) is 0 Å². The Kier molecular flexibility index (Phi) is 4.76. The fourth-order valence-electron chi connectivity index (χ4n) is 4.53. The summed E-state index contributed by atoms with van der Waals surface area (Å²) in [6.07, 6.45) is 12.7.